The molecule has 0 spiro atoms. The number of aliphatic imine (C=N–C) groups is 1. The van der Waals surface area contributed by atoms with Crippen LogP contribution in [0.4, 0.5) is 0 Å². The third-order valence-electron chi connectivity index (χ3n) is 1.91. The van der Waals surface area contributed by atoms with Crippen molar-refractivity contribution in [3.8, 4) is 0 Å². The van der Waals surface area contributed by atoms with Crippen LogP contribution in [0, 0.1) is 0 Å². The van der Waals surface area contributed by atoms with Gasteiger partial charge < -0.3 is 16.4 Å². The highest BCUT2D eigenvalue weighted by Gasteiger charge is 2.04. The van der Waals surface area contributed by atoms with E-state index in [0.717, 1.165) is 0 Å². The van der Waals surface area contributed by atoms with E-state index in [2.05, 4.69) is 25.6 Å². The Hall–Kier alpha value is -1.45. The Balaban J connectivity index is 0.00000324. The molecule has 1 heterocycles. The number of hydrogen-bond donors (Lipinski definition) is 3. The van der Waals surface area contributed by atoms with Crippen molar-refractivity contribution >= 4 is 35.8 Å². The Bertz CT molecular complexity index is 409. The van der Waals surface area contributed by atoms with Gasteiger partial charge in [0.05, 0.1) is 12.7 Å². The average molecular weight is 378 g/mol. The number of nitrogens with one attached hydrogen (secondary N) is 2. The molecule has 0 aromatic carbocycles. The van der Waals surface area contributed by atoms with Gasteiger partial charge in [-0.25, -0.2) is 4.98 Å². The van der Waals surface area contributed by atoms with Crippen LogP contribution in [0.5, 0.6) is 0 Å². The second kappa shape index (κ2) is 9.48. The van der Waals surface area contributed by atoms with Crippen molar-refractivity contribution in [3.63, 3.8) is 0 Å². The summed E-state index contributed by atoms with van der Waals surface area (Å²) in [7, 11) is 0. The van der Waals surface area contributed by atoms with Crippen molar-refractivity contribution in [1.82, 2.24) is 20.6 Å². The lowest BCUT2D eigenvalue weighted by Gasteiger charge is -2.08. The maximum Gasteiger partial charge on any atom is 0.271 e. The number of carbonyl (C=O) groups is 1. The van der Waals surface area contributed by atoms with E-state index in [-0.39, 0.29) is 41.6 Å². The van der Waals surface area contributed by atoms with Crippen LogP contribution in [-0.4, -0.2) is 41.0 Å². The summed E-state index contributed by atoms with van der Waals surface area (Å²) in [6, 6.07) is 0.239. The Morgan fingerprint density at radius 2 is 2.21 bits per heavy atom. The molecule has 19 heavy (non-hydrogen) atoms. The van der Waals surface area contributed by atoms with Gasteiger partial charge in [-0.3, -0.25) is 14.8 Å². The van der Waals surface area contributed by atoms with Crippen LogP contribution >= 0.6 is 24.0 Å². The SMILES string of the molecule is CC(C)NC(N)=NCCNC(=O)c1cnccn1.I. The summed E-state index contributed by atoms with van der Waals surface area (Å²) >= 11 is 0. The van der Waals surface area contributed by atoms with Crippen LogP contribution in [0.3, 0.4) is 0 Å². The smallest absolute Gasteiger partial charge is 0.271 e. The van der Waals surface area contributed by atoms with Crippen LogP contribution in [0.1, 0.15) is 24.3 Å². The molecule has 1 amide bonds. The number of halogens is 1. The summed E-state index contributed by atoms with van der Waals surface area (Å²) in [5.74, 6) is 0.104. The lowest BCUT2D eigenvalue weighted by Crippen LogP contribution is -2.37. The van der Waals surface area contributed by atoms with Gasteiger partial charge in [0.1, 0.15) is 5.69 Å². The third kappa shape index (κ3) is 7.54. The van der Waals surface area contributed by atoms with E-state index in [0.29, 0.717) is 19.0 Å². The molecule has 7 nitrogen and oxygen atoms in total. The highest BCUT2D eigenvalue weighted by atomic mass is 127. The van der Waals surface area contributed by atoms with E-state index in [1.165, 1.54) is 18.6 Å². The quantitative estimate of drug-likeness (QED) is 0.293. The summed E-state index contributed by atoms with van der Waals surface area (Å²) in [6.07, 6.45) is 4.39. The van der Waals surface area contributed by atoms with Gasteiger partial charge in [0, 0.05) is 25.0 Å². The minimum Gasteiger partial charge on any atom is -0.370 e. The predicted octanol–water partition coefficient (Wildman–Crippen LogP) is 0.137. The van der Waals surface area contributed by atoms with E-state index >= 15 is 0 Å². The molecule has 1 aromatic heterocycles. The lowest BCUT2D eigenvalue weighted by atomic mass is 10.4. The second-order valence-corrected chi connectivity index (χ2v) is 3.91. The molecule has 0 aliphatic rings. The topological polar surface area (TPSA) is 105 Å². The number of aromatic nitrogens is 2. The molecule has 1 rings (SSSR count). The van der Waals surface area contributed by atoms with Crippen molar-refractivity contribution in [1.29, 1.82) is 0 Å². The number of carbonyl (C=O) groups excluding carboxylic acids is 1. The fraction of sp³-hybridized carbons (Fsp3) is 0.455. The normalized spacial score (nSPS) is 10.8. The van der Waals surface area contributed by atoms with Crippen molar-refractivity contribution in [2.24, 2.45) is 10.7 Å². The molecule has 0 fully saturated rings. The summed E-state index contributed by atoms with van der Waals surface area (Å²) in [6.45, 7) is 4.75. The fourth-order valence-electron chi connectivity index (χ4n) is 1.19. The number of hydrogen-bond acceptors (Lipinski definition) is 4. The number of nitrogens with zero attached hydrogens (tertiary/aromatic N) is 3. The molecule has 0 atom stereocenters. The zero-order chi connectivity index (χ0) is 13.4. The van der Waals surface area contributed by atoms with E-state index < -0.39 is 0 Å². The van der Waals surface area contributed by atoms with Gasteiger partial charge in [0.15, 0.2) is 5.96 Å². The number of amides is 1. The van der Waals surface area contributed by atoms with Gasteiger partial charge in [-0.15, -0.1) is 24.0 Å². The first-order valence-corrected chi connectivity index (χ1v) is 5.70. The molecule has 0 bridgehead atoms. The first kappa shape index (κ1) is 17.6. The first-order chi connectivity index (χ1) is 8.59. The van der Waals surface area contributed by atoms with Crippen LogP contribution < -0.4 is 16.4 Å². The molecule has 0 aliphatic heterocycles. The monoisotopic (exact) mass is 378 g/mol. The molecule has 0 saturated carbocycles. The maximum atomic E-state index is 11.6. The van der Waals surface area contributed by atoms with Gasteiger partial charge >= 0.3 is 0 Å². The minimum absolute atomic E-state index is 0. The molecule has 1 aromatic rings. The van der Waals surface area contributed by atoms with E-state index in [9.17, 15) is 4.79 Å². The third-order valence-corrected chi connectivity index (χ3v) is 1.91. The van der Waals surface area contributed by atoms with Crippen LogP contribution in [0.25, 0.3) is 0 Å². The molecule has 0 radical (unpaired) electrons. The van der Waals surface area contributed by atoms with E-state index in [1.807, 2.05) is 13.8 Å². The largest absolute Gasteiger partial charge is 0.370 e. The average Bonchev–Trinajstić information content (AvgIpc) is 2.34. The van der Waals surface area contributed by atoms with Gasteiger partial charge in [0.2, 0.25) is 0 Å². The zero-order valence-electron chi connectivity index (χ0n) is 11.0. The van der Waals surface area contributed by atoms with Crippen molar-refractivity contribution in [2.45, 2.75) is 19.9 Å². The summed E-state index contributed by atoms with van der Waals surface area (Å²) < 4.78 is 0. The summed E-state index contributed by atoms with van der Waals surface area (Å²) in [5, 5.41) is 5.63. The lowest BCUT2D eigenvalue weighted by molar-refractivity contribution is 0.0949. The van der Waals surface area contributed by atoms with Crippen LogP contribution in [0.2, 0.25) is 0 Å². The summed E-state index contributed by atoms with van der Waals surface area (Å²) in [4.78, 5) is 23.3. The van der Waals surface area contributed by atoms with Gasteiger partial charge in [0.25, 0.3) is 5.91 Å². The molecular weight excluding hydrogens is 359 g/mol. The second-order valence-electron chi connectivity index (χ2n) is 3.91. The maximum absolute atomic E-state index is 11.6. The Morgan fingerprint density at radius 1 is 1.47 bits per heavy atom. The highest BCUT2D eigenvalue weighted by Crippen LogP contribution is 1.88. The molecule has 4 N–H and O–H groups in total. The number of guanidine groups is 1. The van der Waals surface area contributed by atoms with Gasteiger partial charge in [-0.2, -0.15) is 0 Å². The van der Waals surface area contributed by atoms with Crippen molar-refractivity contribution < 1.29 is 4.79 Å². The molecule has 0 unspecified atom stereocenters. The molecule has 0 saturated heterocycles. The first-order valence-electron chi connectivity index (χ1n) is 5.70. The Labute approximate surface area is 129 Å². The molecule has 106 valence electrons. The number of rotatable bonds is 5. The van der Waals surface area contributed by atoms with E-state index in [1.54, 1.807) is 0 Å². The molecule has 0 aliphatic carbocycles. The number of nitrogens with two attached hydrogens (primary N) is 1. The van der Waals surface area contributed by atoms with Crippen LogP contribution in [-0.2, 0) is 0 Å². The van der Waals surface area contributed by atoms with Gasteiger partial charge in [-0.1, -0.05) is 0 Å². The molecule has 8 heteroatoms. The van der Waals surface area contributed by atoms with Crippen LogP contribution in [0.15, 0.2) is 23.6 Å². The van der Waals surface area contributed by atoms with Crippen molar-refractivity contribution in [2.75, 3.05) is 13.1 Å². The predicted molar refractivity (Wildman–Crippen MR) is 84.5 cm³/mol. The standard InChI is InChI=1S/C11H18N6O.HI/c1-8(2)17-11(12)16-6-5-15-10(18)9-7-13-3-4-14-9;/h3-4,7-8H,5-6H2,1-2H3,(H,15,18)(H3,12,16,17);1H. The minimum atomic E-state index is -0.270. The zero-order valence-corrected chi connectivity index (χ0v) is 13.3. The molecular formula is C11H19IN6O. The highest BCUT2D eigenvalue weighted by molar-refractivity contribution is 14.0. The Kier molecular flexibility index (Phi) is 8.75. The summed E-state index contributed by atoms with van der Waals surface area (Å²) in [5.41, 5.74) is 5.89. The fourth-order valence-corrected chi connectivity index (χ4v) is 1.19. The van der Waals surface area contributed by atoms with Crippen molar-refractivity contribution in [3.05, 3.63) is 24.3 Å². The Morgan fingerprint density at radius 3 is 2.79 bits per heavy atom. The van der Waals surface area contributed by atoms with Gasteiger partial charge in [-0.05, 0) is 13.8 Å². The van der Waals surface area contributed by atoms with E-state index in [4.69, 9.17) is 5.73 Å².